The van der Waals surface area contributed by atoms with Gasteiger partial charge in [-0.15, -0.1) is 0 Å². The van der Waals surface area contributed by atoms with E-state index in [-0.39, 0.29) is 11.1 Å². The van der Waals surface area contributed by atoms with Gasteiger partial charge < -0.3 is 15.7 Å². The van der Waals surface area contributed by atoms with Crippen LogP contribution in [0.5, 0.6) is 0 Å². The summed E-state index contributed by atoms with van der Waals surface area (Å²) in [5.41, 5.74) is 1.11. The number of carbonyl (C=O) groups is 3. The molecule has 3 N–H and O–H groups in total. The fraction of sp³-hybridized carbons (Fsp3) is 0.118. The van der Waals surface area contributed by atoms with E-state index in [9.17, 15) is 14.4 Å². The van der Waals surface area contributed by atoms with E-state index in [2.05, 4.69) is 10.6 Å². The Balaban J connectivity index is 0.00000127. The second kappa shape index (κ2) is 8.99. The SMILES string of the molecule is CC.O=CNc1ccc(NC(=O)c2ccccc2C(=O)O)cc1. The summed E-state index contributed by atoms with van der Waals surface area (Å²) in [6, 6.07) is 12.4. The van der Waals surface area contributed by atoms with Crippen molar-refractivity contribution in [2.24, 2.45) is 0 Å². The molecule has 6 heteroatoms. The average Bonchev–Trinajstić information content (AvgIpc) is 2.58. The van der Waals surface area contributed by atoms with Crippen molar-refractivity contribution in [3.05, 3.63) is 59.7 Å². The molecule has 0 saturated heterocycles. The van der Waals surface area contributed by atoms with Crippen molar-refractivity contribution < 1.29 is 19.5 Å². The molecule has 2 rings (SSSR count). The van der Waals surface area contributed by atoms with E-state index in [0.717, 1.165) is 0 Å². The van der Waals surface area contributed by atoms with Crippen LogP contribution in [0.15, 0.2) is 48.5 Å². The molecule has 2 amide bonds. The molecule has 120 valence electrons. The number of carboxylic acid groups (broad SMARTS) is 1. The standard InChI is InChI=1S/C15H12N2O4.C2H6/c18-9-16-10-5-7-11(8-6-10)17-14(19)12-3-1-2-4-13(12)15(20)21;1-2/h1-9H,(H,16,18)(H,17,19)(H,20,21);1-2H3. The van der Waals surface area contributed by atoms with Gasteiger partial charge in [0.15, 0.2) is 0 Å². The third-order valence-electron chi connectivity index (χ3n) is 2.77. The summed E-state index contributed by atoms with van der Waals surface area (Å²) < 4.78 is 0. The van der Waals surface area contributed by atoms with E-state index in [1.807, 2.05) is 13.8 Å². The number of hydrogen-bond donors (Lipinski definition) is 3. The first kappa shape index (κ1) is 17.9. The zero-order valence-electron chi connectivity index (χ0n) is 12.9. The Labute approximate surface area is 134 Å². The summed E-state index contributed by atoms with van der Waals surface area (Å²) >= 11 is 0. The van der Waals surface area contributed by atoms with Crippen LogP contribution in [-0.2, 0) is 4.79 Å². The van der Waals surface area contributed by atoms with Gasteiger partial charge in [0.05, 0.1) is 11.1 Å². The van der Waals surface area contributed by atoms with E-state index < -0.39 is 11.9 Å². The number of amides is 2. The van der Waals surface area contributed by atoms with Gasteiger partial charge in [0, 0.05) is 11.4 Å². The predicted molar refractivity (Wildman–Crippen MR) is 88.8 cm³/mol. The minimum absolute atomic E-state index is 0.0609. The summed E-state index contributed by atoms with van der Waals surface area (Å²) in [5, 5.41) is 14.1. The lowest BCUT2D eigenvalue weighted by molar-refractivity contribution is -0.105. The summed E-state index contributed by atoms with van der Waals surface area (Å²) in [4.78, 5) is 33.5. The molecular formula is C17H18N2O4. The Hall–Kier alpha value is -3.15. The minimum atomic E-state index is -1.16. The van der Waals surface area contributed by atoms with Crippen molar-refractivity contribution in [1.29, 1.82) is 0 Å². The fourth-order valence-corrected chi connectivity index (χ4v) is 1.78. The summed E-state index contributed by atoms with van der Waals surface area (Å²) in [5.74, 6) is -1.67. The smallest absolute Gasteiger partial charge is 0.336 e. The molecule has 0 spiro atoms. The van der Waals surface area contributed by atoms with Crippen molar-refractivity contribution in [1.82, 2.24) is 0 Å². The maximum atomic E-state index is 12.1. The Bertz CT molecular complexity index is 681. The third-order valence-corrected chi connectivity index (χ3v) is 2.77. The van der Waals surface area contributed by atoms with Crippen LogP contribution >= 0.6 is 0 Å². The second-order valence-corrected chi connectivity index (χ2v) is 4.14. The molecule has 0 aliphatic heterocycles. The van der Waals surface area contributed by atoms with Crippen molar-refractivity contribution >= 4 is 29.7 Å². The molecule has 0 heterocycles. The highest BCUT2D eigenvalue weighted by Crippen LogP contribution is 2.16. The fourth-order valence-electron chi connectivity index (χ4n) is 1.78. The first-order valence-electron chi connectivity index (χ1n) is 7.05. The zero-order chi connectivity index (χ0) is 17.2. The lowest BCUT2D eigenvalue weighted by atomic mass is 10.1. The van der Waals surface area contributed by atoms with Gasteiger partial charge in [-0.05, 0) is 36.4 Å². The van der Waals surface area contributed by atoms with Crippen LogP contribution in [0, 0.1) is 0 Å². The molecule has 6 nitrogen and oxygen atoms in total. The molecular weight excluding hydrogens is 296 g/mol. The maximum Gasteiger partial charge on any atom is 0.336 e. The van der Waals surface area contributed by atoms with E-state index in [1.165, 1.54) is 12.1 Å². The van der Waals surface area contributed by atoms with Gasteiger partial charge in [-0.25, -0.2) is 4.79 Å². The van der Waals surface area contributed by atoms with Crippen LogP contribution in [0.2, 0.25) is 0 Å². The molecule has 0 atom stereocenters. The minimum Gasteiger partial charge on any atom is -0.478 e. The highest BCUT2D eigenvalue weighted by molar-refractivity contribution is 6.10. The Morgan fingerprint density at radius 3 is 1.96 bits per heavy atom. The summed E-state index contributed by atoms with van der Waals surface area (Å²) in [7, 11) is 0. The number of hydrogen-bond acceptors (Lipinski definition) is 3. The third kappa shape index (κ3) is 4.96. The normalized spacial score (nSPS) is 9.13. The Morgan fingerprint density at radius 2 is 1.43 bits per heavy atom. The number of rotatable bonds is 5. The monoisotopic (exact) mass is 314 g/mol. The Kier molecular flexibility index (Phi) is 7.00. The zero-order valence-corrected chi connectivity index (χ0v) is 12.9. The van der Waals surface area contributed by atoms with Gasteiger partial charge in [-0.2, -0.15) is 0 Å². The van der Waals surface area contributed by atoms with Crippen LogP contribution < -0.4 is 10.6 Å². The summed E-state index contributed by atoms with van der Waals surface area (Å²) in [6.07, 6.45) is 0.552. The van der Waals surface area contributed by atoms with Crippen molar-refractivity contribution in [3.8, 4) is 0 Å². The number of carbonyl (C=O) groups excluding carboxylic acids is 2. The van der Waals surface area contributed by atoms with Crippen LogP contribution in [0.4, 0.5) is 11.4 Å². The van der Waals surface area contributed by atoms with Crippen LogP contribution in [0.1, 0.15) is 34.6 Å². The van der Waals surface area contributed by atoms with E-state index in [4.69, 9.17) is 5.11 Å². The van der Waals surface area contributed by atoms with Crippen molar-refractivity contribution in [2.75, 3.05) is 10.6 Å². The number of benzene rings is 2. The molecule has 0 bridgehead atoms. The summed E-state index contributed by atoms with van der Waals surface area (Å²) in [6.45, 7) is 4.00. The maximum absolute atomic E-state index is 12.1. The molecule has 2 aromatic carbocycles. The van der Waals surface area contributed by atoms with Gasteiger partial charge in [0.2, 0.25) is 6.41 Å². The molecule has 23 heavy (non-hydrogen) atoms. The van der Waals surface area contributed by atoms with Crippen LogP contribution in [-0.4, -0.2) is 23.4 Å². The average molecular weight is 314 g/mol. The van der Waals surface area contributed by atoms with Gasteiger partial charge in [0.25, 0.3) is 5.91 Å². The molecule has 0 unspecified atom stereocenters. The highest BCUT2D eigenvalue weighted by Gasteiger charge is 2.15. The van der Waals surface area contributed by atoms with Crippen molar-refractivity contribution in [2.45, 2.75) is 13.8 Å². The predicted octanol–water partition coefficient (Wildman–Crippen LogP) is 3.23. The second-order valence-electron chi connectivity index (χ2n) is 4.14. The number of aromatic carboxylic acids is 1. The molecule has 2 aromatic rings. The first-order chi connectivity index (χ1) is 11.1. The number of anilines is 2. The van der Waals surface area contributed by atoms with Gasteiger partial charge in [-0.3, -0.25) is 9.59 Å². The highest BCUT2D eigenvalue weighted by atomic mass is 16.4. The molecule has 0 aliphatic carbocycles. The topological polar surface area (TPSA) is 95.5 Å². The van der Waals surface area contributed by atoms with E-state index in [0.29, 0.717) is 17.8 Å². The lowest BCUT2D eigenvalue weighted by Crippen LogP contribution is -2.16. The first-order valence-corrected chi connectivity index (χ1v) is 7.05. The lowest BCUT2D eigenvalue weighted by Gasteiger charge is -2.08. The van der Waals surface area contributed by atoms with E-state index in [1.54, 1.807) is 36.4 Å². The van der Waals surface area contributed by atoms with Gasteiger partial charge >= 0.3 is 5.97 Å². The molecule has 0 aliphatic rings. The van der Waals surface area contributed by atoms with Gasteiger partial charge in [-0.1, -0.05) is 26.0 Å². The quantitative estimate of drug-likeness (QED) is 0.738. The molecule has 0 aromatic heterocycles. The largest absolute Gasteiger partial charge is 0.478 e. The van der Waals surface area contributed by atoms with Crippen molar-refractivity contribution in [3.63, 3.8) is 0 Å². The van der Waals surface area contributed by atoms with Gasteiger partial charge in [0.1, 0.15) is 0 Å². The van der Waals surface area contributed by atoms with Crippen LogP contribution in [0.25, 0.3) is 0 Å². The van der Waals surface area contributed by atoms with E-state index >= 15 is 0 Å². The molecule has 0 fully saturated rings. The van der Waals surface area contributed by atoms with Crippen LogP contribution in [0.3, 0.4) is 0 Å². The number of carboxylic acids is 1. The Morgan fingerprint density at radius 1 is 0.913 bits per heavy atom. The molecule has 0 saturated carbocycles. The number of nitrogens with one attached hydrogen (secondary N) is 2. The molecule has 0 radical (unpaired) electrons.